The molecule has 0 saturated carbocycles. The Labute approximate surface area is 320 Å². The van der Waals surface area contributed by atoms with Crippen LogP contribution < -0.4 is 0 Å². The van der Waals surface area contributed by atoms with Crippen LogP contribution in [0.1, 0.15) is 0 Å². The van der Waals surface area contributed by atoms with E-state index in [4.69, 9.17) is 23.8 Å². The monoisotopic (exact) mass is 719 g/mol. The smallest absolute Gasteiger partial charge is 0.164 e. The van der Waals surface area contributed by atoms with Gasteiger partial charge in [-0.2, -0.15) is 0 Å². The third-order valence-electron chi connectivity index (χ3n) is 10.3. The minimum atomic E-state index is 0.571. The molecule has 0 bridgehead atoms. The van der Waals surface area contributed by atoms with Gasteiger partial charge in [-0.25, -0.2) is 24.9 Å². The van der Waals surface area contributed by atoms with Crippen LogP contribution >= 0.6 is 0 Å². The molecule has 0 N–H and O–H groups in total. The van der Waals surface area contributed by atoms with E-state index in [9.17, 15) is 0 Å². The first-order chi connectivity index (χ1) is 27.7. The number of hydrogen-bond donors (Lipinski definition) is 0. The van der Waals surface area contributed by atoms with Gasteiger partial charge in [0.2, 0.25) is 0 Å². The molecule has 56 heavy (non-hydrogen) atoms. The highest BCUT2D eigenvalue weighted by Crippen LogP contribution is 2.38. The van der Waals surface area contributed by atoms with Crippen molar-refractivity contribution in [3.8, 4) is 67.7 Å². The van der Waals surface area contributed by atoms with Gasteiger partial charge in [0.05, 0.1) is 5.69 Å². The second-order valence-corrected chi connectivity index (χ2v) is 13.8. The third-order valence-corrected chi connectivity index (χ3v) is 10.3. The van der Waals surface area contributed by atoms with Gasteiger partial charge in [0.1, 0.15) is 28.7 Å². The van der Waals surface area contributed by atoms with Crippen molar-refractivity contribution in [2.45, 2.75) is 0 Å². The summed E-state index contributed by atoms with van der Waals surface area (Å²) in [4.78, 5) is 23.8. The number of nitrogens with zero attached hydrogens (tertiary/aromatic N) is 5. The van der Waals surface area contributed by atoms with E-state index in [0.29, 0.717) is 17.5 Å². The number of para-hydroxylation sites is 2. The molecule has 0 fully saturated rings. The maximum Gasteiger partial charge on any atom is 0.164 e. The van der Waals surface area contributed by atoms with E-state index >= 15 is 0 Å². The van der Waals surface area contributed by atoms with E-state index < -0.39 is 0 Å². The minimum absolute atomic E-state index is 0.571. The van der Waals surface area contributed by atoms with Crippen molar-refractivity contribution in [3.63, 3.8) is 0 Å². The van der Waals surface area contributed by atoms with Crippen molar-refractivity contribution in [1.82, 2.24) is 24.9 Å². The standard InChI is InChI=1S/C49H29N5O2/c1-2-8-31(9-3-1)47-52-48(32-16-14-30(15-17-32)42-22-23-50-29-51-42)54-49(53-47)37-25-35(33-18-20-45-40(27-33)38-10-4-6-12-43(38)55-45)24-36(26-37)34-19-21-46-41(28-34)39-11-5-7-13-44(39)56-46/h1-29H. The maximum atomic E-state index is 6.20. The van der Waals surface area contributed by atoms with Crippen LogP contribution in [0.4, 0.5) is 0 Å². The Balaban J connectivity index is 1.11. The molecule has 262 valence electrons. The van der Waals surface area contributed by atoms with E-state index in [0.717, 1.165) is 94.1 Å². The summed E-state index contributed by atoms with van der Waals surface area (Å²) in [7, 11) is 0. The molecule has 0 aliphatic heterocycles. The van der Waals surface area contributed by atoms with Crippen LogP contribution in [-0.2, 0) is 0 Å². The minimum Gasteiger partial charge on any atom is -0.456 e. The second kappa shape index (κ2) is 13.0. The first-order valence-corrected chi connectivity index (χ1v) is 18.4. The largest absolute Gasteiger partial charge is 0.456 e. The number of fused-ring (bicyclic) bond motifs is 6. The van der Waals surface area contributed by atoms with Crippen molar-refractivity contribution in [3.05, 3.63) is 176 Å². The molecule has 11 rings (SSSR count). The number of rotatable bonds is 6. The van der Waals surface area contributed by atoms with E-state index in [1.54, 1.807) is 12.5 Å². The van der Waals surface area contributed by atoms with Gasteiger partial charge in [-0.15, -0.1) is 0 Å². The molecule has 0 spiro atoms. The molecule has 0 amide bonds. The molecule has 7 heteroatoms. The van der Waals surface area contributed by atoms with Crippen molar-refractivity contribution in [2.24, 2.45) is 0 Å². The van der Waals surface area contributed by atoms with Gasteiger partial charge in [0.15, 0.2) is 17.5 Å². The topological polar surface area (TPSA) is 90.7 Å². The Bertz CT molecular complexity index is 3110. The molecule has 4 aromatic heterocycles. The van der Waals surface area contributed by atoms with E-state index in [1.165, 1.54) is 0 Å². The molecule has 11 aromatic rings. The van der Waals surface area contributed by atoms with E-state index in [-0.39, 0.29) is 0 Å². The quantitative estimate of drug-likeness (QED) is 0.169. The molecule has 0 aliphatic rings. The van der Waals surface area contributed by atoms with Gasteiger partial charge in [-0.1, -0.05) is 103 Å². The highest BCUT2D eigenvalue weighted by molar-refractivity contribution is 6.07. The summed E-state index contributed by atoms with van der Waals surface area (Å²) in [6, 6.07) is 55.8. The van der Waals surface area contributed by atoms with Crippen LogP contribution in [0.5, 0.6) is 0 Å². The first kappa shape index (κ1) is 31.7. The lowest BCUT2D eigenvalue weighted by molar-refractivity contribution is 0.668. The highest BCUT2D eigenvalue weighted by atomic mass is 16.3. The van der Waals surface area contributed by atoms with Crippen LogP contribution in [0.3, 0.4) is 0 Å². The van der Waals surface area contributed by atoms with Gasteiger partial charge in [-0.05, 0) is 82.9 Å². The van der Waals surface area contributed by atoms with Crippen molar-refractivity contribution < 1.29 is 8.83 Å². The molecule has 0 aliphatic carbocycles. The molecule has 0 atom stereocenters. The number of hydrogen-bond acceptors (Lipinski definition) is 7. The van der Waals surface area contributed by atoms with Gasteiger partial charge in [0, 0.05) is 50.0 Å². The highest BCUT2D eigenvalue weighted by Gasteiger charge is 2.17. The van der Waals surface area contributed by atoms with E-state index in [2.05, 4.69) is 76.7 Å². The van der Waals surface area contributed by atoms with Gasteiger partial charge >= 0.3 is 0 Å². The molecular formula is C49H29N5O2. The average molecular weight is 720 g/mol. The Morgan fingerprint density at radius 3 is 1.36 bits per heavy atom. The summed E-state index contributed by atoms with van der Waals surface area (Å²) in [5.74, 6) is 1.74. The first-order valence-electron chi connectivity index (χ1n) is 18.4. The summed E-state index contributed by atoms with van der Waals surface area (Å²) in [5, 5.41) is 4.29. The maximum absolute atomic E-state index is 6.20. The number of aromatic nitrogens is 5. The van der Waals surface area contributed by atoms with Crippen LogP contribution in [0.2, 0.25) is 0 Å². The summed E-state index contributed by atoms with van der Waals surface area (Å²) in [5.41, 5.74) is 12.1. The zero-order chi connectivity index (χ0) is 37.0. The fourth-order valence-corrected chi connectivity index (χ4v) is 7.50. The second-order valence-electron chi connectivity index (χ2n) is 13.8. The van der Waals surface area contributed by atoms with Crippen molar-refractivity contribution >= 4 is 43.9 Å². The fourth-order valence-electron chi connectivity index (χ4n) is 7.50. The molecule has 4 heterocycles. The Hall–Kier alpha value is -7.77. The fraction of sp³-hybridized carbons (Fsp3) is 0. The van der Waals surface area contributed by atoms with Gasteiger partial charge in [0.25, 0.3) is 0 Å². The molecule has 0 saturated heterocycles. The number of benzene rings is 7. The third kappa shape index (κ3) is 5.58. The van der Waals surface area contributed by atoms with Crippen molar-refractivity contribution in [1.29, 1.82) is 0 Å². The molecule has 7 aromatic carbocycles. The molecule has 0 unspecified atom stereocenters. The summed E-state index contributed by atoms with van der Waals surface area (Å²) >= 11 is 0. The lowest BCUT2D eigenvalue weighted by Gasteiger charge is -2.13. The summed E-state index contributed by atoms with van der Waals surface area (Å²) in [6.45, 7) is 0. The Morgan fingerprint density at radius 2 is 0.786 bits per heavy atom. The SMILES string of the molecule is c1ccc(-c2nc(-c3ccc(-c4ccncn4)cc3)nc(-c3cc(-c4ccc5oc6ccccc6c5c4)cc(-c4ccc5oc6ccccc6c5c4)c3)n2)cc1. The van der Waals surface area contributed by atoms with Gasteiger partial charge < -0.3 is 8.83 Å². The zero-order valence-electron chi connectivity index (χ0n) is 29.8. The Kier molecular flexibility index (Phi) is 7.35. The predicted octanol–water partition coefficient (Wildman–Crippen LogP) is 12.5. The summed E-state index contributed by atoms with van der Waals surface area (Å²) < 4.78 is 12.4. The van der Waals surface area contributed by atoms with Crippen LogP contribution in [0, 0.1) is 0 Å². The van der Waals surface area contributed by atoms with Gasteiger partial charge in [-0.3, -0.25) is 0 Å². The normalized spacial score (nSPS) is 11.6. The molecular weight excluding hydrogens is 691 g/mol. The number of furan rings is 2. The average Bonchev–Trinajstić information content (AvgIpc) is 3.84. The van der Waals surface area contributed by atoms with E-state index in [1.807, 2.05) is 97.1 Å². The summed E-state index contributed by atoms with van der Waals surface area (Å²) in [6.07, 6.45) is 3.30. The predicted molar refractivity (Wildman–Crippen MR) is 223 cm³/mol. The zero-order valence-corrected chi connectivity index (χ0v) is 29.8. The Morgan fingerprint density at radius 1 is 0.321 bits per heavy atom. The van der Waals surface area contributed by atoms with Crippen LogP contribution in [0.15, 0.2) is 185 Å². The van der Waals surface area contributed by atoms with Crippen molar-refractivity contribution in [2.75, 3.05) is 0 Å². The van der Waals surface area contributed by atoms with Crippen LogP contribution in [0.25, 0.3) is 112 Å². The molecule has 0 radical (unpaired) electrons. The van der Waals surface area contributed by atoms with Crippen LogP contribution in [-0.4, -0.2) is 24.9 Å². The lowest BCUT2D eigenvalue weighted by Crippen LogP contribution is -2.00. The molecule has 7 nitrogen and oxygen atoms in total. The lowest BCUT2D eigenvalue weighted by atomic mass is 9.94.